The first-order chi connectivity index (χ1) is 16.4. The van der Waals surface area contributed by atoms with Gasteiger partial charge in [-0.3, -0.25) is 18.9 Å². The highest BCUT2D eigenvalue weighted by Crippen LogP contribution is 2.34. The molecule has 0 unspecified atom stereocenters. The first-order valence-electron chi connectivity index (χ1n) is 11.0. The molecular weight excluding hydrogens is 470 g/mol. The summed E-state index contributed by atoms with van der Waals surface area (Å²) in [6, 6.07) is 11.3. The average Bonchev–Trinajstić information content (AvgIpc) is 3.10. The van der Waals surface area contributed by atoms with E-state index in [4.69, 9.17) is 21.7 Å². The van der Waals surface area contributed by atoms with Gasteiger partial charge in [-0.15, -0.1) is 0 Å². The predicted octanol–water partition coefficient (Wildman–Crippen LogP) is 4.60. The highest BCUT2D eigenvalue weighted by Gasteiger charge is 2.32. The van der Waals surface area contributed by atoms with Gasteiger partial charge in [0.15, 0.2) is 0 Å². The third-order valence-corrected chi connectivity index (χ3v) is 6.85. The molecule has 0 atom stereocenters. The van der Waals surface area contributed by atoms with E-state index in [-0.39, 0.29) is 22.9 Å². The summed E-state index contributed by atoms with van der Waals surface area (Å²) in [5.41, 5.74) is 2.38. The molecule has 7 nitrogen and oxygen atoms in total. The van der Waals surface area contributed by atoms with E-state index >= 15 is 0 Å². The number of rotatable bonds is 8. The Bertz CT molecular complexity index is 1330. The van der Waals surface area contributed by atoms with Gasteiger partial charge in [0, 0.05) is 26.5 Å². The SMILES string of the molecule is CCc1ccc(Oc2nc3c(C)cccn3c(=O)c2/C=C2/SC(=S)N(CCCOC)C2=O)cc1. The fourth-order valence-corrected chi connectivity index (χ4v) is 4.88. The Kier molecular flexibility index (Phi) is 7.45. The second-order valence-electron chi connectivity index (χ2n) is 7.80. The molecule has 1 aliphatic heterocycles. The lowest BCUT2D eigenvalue weighted by molar-refractivity contribution is -0.122. The molecule has 0 N–H and O–H groups in total. The fourth-order valence-electron chi connectivity index (χ4n) is 3.59. The van der Waals surface area contributed by atoms with Crippen molar-refractivity contribution in [2.45, 2.75) is 26.7 Å². The minimum absolute atomic E-state index is 0.146. The highest BCUT2D eigenvalue weighted by atomic mass is 32.2. The van der Waals surface area contributed by atoms with E-state index in [0.717, 1.165) is 12.0 Å². The number of thiocarbonyl (C=S) groups is 1. The number of pyridine rings is 1. The molecule has 1 saturated heterocycles. The summed E-state index contributed by atoms with van der Waals surface area (Å²) in [5, 5.41) is 0. The summed E-state index contributed by atoms with van der Waals surface area (Å²) in [5.74, 6) is 0.468. The van der Waals surface area contributed by atoms with Gasteiger partial charge in [0.1, 0.15) is 21.3 Å². The van der Waals surface area contributed by atoms with Gasteiger partial charge in [-0.25, -0.2) is 0 Å². The van der Waals surface area contributed by atoms with Crippen LogP contribution in [0, 0.1) is 6.92 Å². The Labute approximate surface area is 207 Å². The van der Waals surface area contributed by atoms with Gasteiger partial charge in [-0.05, 0) is 55.2 Å². The minimum atomic E-state index is -0.321. The molecule has 3 aromatic rings. The maximum atomic E-state index is 13.5. The lowest BCUT2D eigenvalue weighted by Gasteiger charge is -2.13. The summed E-state index contributed by atoms with van der Waals surface area (Å²) < 4.78 is 13.1. The Morgan fingerprint density at radius 2 is 1.94 bits per heavy atom. The van der Waals surface area contributed by atoms with Gasteiger partial charge in [0.05, 0.1) is 4.91 Å². The van der Waals surface area contributed by atoms with Crippen LogP contribution in [0.15, 0.2) is 52.3 Å². The largest absolute Gasteiger partial charge is 0.438 e. The van der Waals surface area contributed by atoms with E-state index in [1.807, 2.05) is 37.3 Å². The van der Waals surface area contributed by atoms with E-state index in [9.17, 15) is 9.59 Å². The van der Waals surface area contributed by atoms with E-state index in [0.29, 0.717) is 40.2 Å². The molecule has 3 heterocycles. The molecule has 34 heavy (non-hydrogen) atoms. The monoisotopic (exact) mass is 495 g/mol. The summed E-state index contributed by atoms with van der Waals surface area (Å²) in [4.78, 5) is 33.0. The van der Waals surface area contributed by atoms with Crippen LogP contribution in [0.4, 0.5) is 0 Å². The number of fused-ring (bicyclic) bond motifs is 1. The van der Waals surface area contributed by atoms with E-state index in [1.165, 1.54) is 32.7 Å². The predicted molar refractivity (Wildman–Crippen MR) is 138 cm³/mol. The highest BCUT2D eigenvalue weighted by molar-refractivity contribution is 8.26. The van der Waals surface area contributed by atoms with Crippen LogP contribution in [0.2, 0.25) is 0 Å². The lowest BCUT2D eigenvalue weighted by Crippen LogP contribution is -2.29. The van der Waals surface area contributed by atoms with Crippen LogP contribution < -0.4 is 10.3 Å². The van der Waals surface area contributed by atoms with E-state index < -0.39 is 0 Å². The van der Waals surface area contributed by atoms with Crippen molar-refractivity contribution in [1.82, 2.24) is 14.3 Å². The average molecular weight is 496 g/mol. The van der Waals surface area contributed by atoms with Crippen LogP contribution in [-0.4, -0.2) is 44.8 Å². The second-order valence-corrected chi connectivity index (χ2v) is 9.48. The molecule has 176 valence electrons. The number of amides is 1. The first kappa shape index (κ1) is 24.1. The van der Waals surface area contributed by atoms with E-state index in [2.05, 4.69) is 11.9 Å². The topological polar surface area (TPSA) is 73.1 Å². The van der Waals surface area contributed by atoms with Crippen molar-refractivity contribution >= 4 is 45.9 Å². The zero-order valence-corrected chi connectivity index (χ0v) is 20.9. The van der Waals surface area contributed by atoms with Crippen LogP contribution in [0.1, 0.15) is 30.0 Å². The van der Waals surface area contributed by atoms with Gasteiger partial charge in [-0.2, -0.15) is 4.98 Å². The van der Waals surface area contributed by atoms with Crippen molar-refractivity contribution in [3.05, 3.63) is 74.5 Å². The number of carbonyl (C=O) groups excluding carboxylic acids is 1. The Morgan fingerprint density at radius 3 is 2.65 bits per heavy atom. The van der Waals surface area contributed by atoms with Crippen LogP contribution in [0.3, 0.4) is 0 Å². The normalized spacial score (nSPS) is 15.0. The van der Waals surface area contributed by atoms with Crippen molar-refractivity contribution in [3.63, 3.8) is 0 Å². The summed E-state index contributed by atoms with van der Waals surface area (Å²) in [7, 11) is 1.61. The zero-order valence-electron chi connectivity index (χ0n) is 19.2. The Balaban J connectivity index is 1.78. The summed E-state index contributed by atoms with van der Waals surface area (Å²) in [6.07, 6.45) is 4.77. The van der Waals surface area contributed by atoms with Crippen molar-refractivity contribution in [2.24, 2.45) is 0 Å². The molecular formula is C25H25N3O4S2. The van der Waals surface area contributed by atoms with Crippen LogP contribution in [0.5, 0.6) is 11.6 Å². The van der Waals surface area contributed by atoms with Gasteiger partial charge in [0.25, 0.3) is 11.5 Å². The quantitative estimate of drug-likeness (QED) is 0.257. The number of thioether (sulfide) groups is 1. The Morgan fingerprint density at radius 1 is 1.18 bits per heavy atom. The van der Waals surface area contributed by atoms with Gasteiger partial charge in [0.2, 0.25) is 5.88 Å². The fraction of sp³-hybridized carbons (Fsp3) is 0.280. The molecule has 0 bridgehead atoms. The molecule has 1 aliphatic rings. The van der Waals surface area contributed by atoms with Crippen LogP contribution in [0.25, 0.3) is 11.7 Å². The number of hydrogen-bond acceptors (Lipinski definition) is 7. The third-order valence-electron chi connectivity index (χ3n) is 5.47. The molecule has 9 heteroatoms. The molecule has 1 fully saturated rings. The molecule has 1 amide bonds. The minimum Gasteiger partial charge on any atom is -0.438 e. The van der Waals surface area contributed by atoms with Crippen LogP contribution in [-0.2, 0) is 16.0 Å². The maximum absolute atomic E-state index is 13.5. The number of aryl methyl sites for hydroxylation is 2. The van der Waals surface area contributed by atoms with Crippen molar-refractivity contribution in [3.8, 4) is 11.6 Å². The van der Waals surface area contributed by atoms with E-state index in [1.54, 1.807) is 19.4 Å². The van der Waals surface area contributed by atoms with Gasteiger partial charge >= 0.3 is 0 Å². The molecule has 0 radical (unpaired) electrons. The number of ether oxygens (including phenoxy) is 2. The molecule has 2 aromatic heterocycles. The number of aromatic nitrogens is 2. The number of benzene rings is 1. The molecule has 4 rings (SSSR count). The van der Waals surface area contributed by atoms with Gasteiger partial charge in [-0.1, -0.05) is 49.1 Å². The zero-order chi connectivity index (χ0) is 24.2. The maximum Gasteiger partial charge on any atom is 0.269 e. The molecule has 0 aliphatic carbocycles. The third kappa shape index (κ3) is 4.91. The second kappa shape index (κ2) is 10.5. The number of carbonyl (C=O) groups is 1. The summed E-state index contributed by atoms with van der Waals surface area (Å²) >= 11 is 6.57. The number of nitrogens with zero attached hydrogens (tertiary/aromatic N) is 3. The lowest BCUT2D eigenvalue weighted by atomic mass is 10.2. The summed E-state index contributed by atoms with van der Waals surface area (Å²) in [6.45, 7) is 4.94. The van der Waals surface area contributed by atoms with Crippen molar-refractivity contribution in [1.29, 1.82) is 0 Å². The molecule has 0 spiro atoms. The van der Waals surface area contributed by atoms with Crippen molar-refractivity contribution < 1.29 is 14.3 Å². The van der Waals surface area contributed by atoms with Crippen molar-refractivity contribution in [2.75, 3.05) is 20.3 Å². The smallest absolute Gasteiger partial charge is 0.269 e. The number of methoxy groups -OCH3 is 1. The molecule has 1 aromatic carbocycles. The van der Waals surface area contributed by atoms with Crippen LogP contribution >= 0.6 is 24.0 Å². The number of hydrogen-bond donors (Lipinski definition) is 0. The molecule has 0 saturated carbocycles. The van der Waals surface area contributed by atoms with Gasteiger partial charge < -0.3 is 9.47 Å². The Hall–Kier alpha value is -3.01. The standard InChI is InChI=1S/C25H25N3O4S2/c1-4-17-8-10-18(11-9-17)32-22-19(23(29)27-12-5-7-16(2)21(27)26-22)15-20-24(30)28(25(33)34-20)13-6-14-31-3/h5,7-12,15H,4,6,13-14H2,1-3H3/b20-15+. The first-order valence-corrected chi connectivity index (χ1v) is 12.2.